The van der Waals surface area contributed by atoms with Crippen molar-refractivity contribution >= 4 is 0 Å². The van der Waals surface area contributed by atoms with Crippen LogP contribution in [0, 0.1) is 11.3 Å². The third-order valence-electron chi connectivity index (χ3n) is 2.38. The monoisotopic (exact) mass is 172 g/mol. The van der Waals surface area contributed by atoms with Gasteiger partial charge in [-0.2, -0.15) is 0 Å². The van der Waals surface area contributed by atoms with Crippen molar-refractivity contribution in [3.63, 3.8) is 0 Å². The lowest BCUT2D eigenvalue weighted by Crippen LogP contribution is -2.19. The third kappa shape index (κ3) is 5.59. The van der Waals surface area contributed by atoms with Gasteiger partial charge in [-0.25, -0.2) is 0 Å². The van der Waals surface area contributed by atoms with E-state index in [1.807, 2.05) is 0 Å². The summed E-state index contributed by atoms with van der Waals surface area (Å²) in [5.74, 6) is 0.757. The molecule has 0 rings (SSSR count). The van der Waals surface area contributed by atoms with Crippen molar-refractivity contribution in [2.75, 3.05) is 6.61 Å². The second-order valence-corrected chi connectivity index (χ2v) is 4.77. The minimum atomic E-state index is 0.118. The van der Waals surface area contributed by atoms with Crippen molar-refractivity contribution in [2.24, 2.45) is 11.3 Å². The first-order valence-electron chi connectivity index (χ1n) is 5.12. The Morgan fingerprint density at radius 3 is 2.33 bits per heavy atom. The molecular weight excluding hydrogens is 148 g/mol. The van der Waals surface area contributed by atoms with E-state index in [4.69, 9.17) is 5.11 Å². The smallest absolute Gasteiger partial charge is 0.0482 e. The van der Waals surface area contributed by atoms with E-state index in [1.165, 1.54) is 19.3 Å². The van der Waals surface area contributed by atoms with Crippen LogP contribution in [0.3, 0.4) is 0 Å². The SMILES string of the molecule is CCCCC(C)CC(C)(C)CO. The Labute approximate surface area is 77.2 Å². The van der Waals surface area contributed by atoms with E-state index in [9.17, 15) is 0 Å². The van der Waals surface area contributed by atoms with Crippen LogP contribution in [0.2, 0.25) is 0 Å². The van der Waals surface area contributed by atoms with Crippen LogP contribution in [0.15, 0.2) is 0 Å². The van der Waals surface area contributed by atoms with E-state index < -0.39 is 0 Å². The van der Waals surface area contributed by atoms with Crippen LogP contribution < -0.4 is 0 Å². The Kier molecular flexibility index (Phi) is 5.56. The van der Waals surface area contributed by atoms with E-state index in [1.54, 1.807) is 0 Å². The number of hydrogen-bond acceptors (Lipinski definition) is 1. The van der Waals surface area contributed by atoms with Gasteiger partial charge >= 0.3 is 0 Å². The molecule has 0 spiro atoms. The third-order valence-corrected chi connectivity index (χ3v) is 2.38. The average molecular weight is 172 g/mol. The number of rotatable bonds is 6. The molecule has 0 aromatic rings. The van der Waals surface area contributed by atoms with Crippen LogP contribution in [0.4, 0.5) is 0 Å². The van der Waals surface area contributed by atoms with Gasteiger partial charge in [-0.15, -0.1) is 0 Å². The molecule has 0 saturated heterocycles. The summed E-state index contributed by atoms with van der Waals surface area (Å²) in [5.41, 5.74) is 0.118. The molecule has 12 heavy (non-hydrogen) atoms. The van der Waals surface area contributed by atoms with Gasteiger partial charge in [0.05, 0.1) is 0 Å². The minimum absolute atomic E-state index is 0.118. The minimum Gasteiger partial charge on any atom is -0.396 e. The zero-order valence-corrected chi connectivity index (χ0v) is 9.06. The van der Waals surface area contributed by atoms with Gasteiger partial charge in [0.25, 0.3) is 0 Å². The van der Waals surface area contributed by atoms with E-state index >= 15 is 0 Å². The summed E-state index contributed by atoms with van der Waals surface area (Å²) in [7, 11) is 0. The van der Waals surface area contributed by atoms with Crippen molar-refractivity contribution in [2.45, 2.75) is 53.4 Å². The zero-order chi connectivity index (χ0) is 9.61. The number of aliphatic hydroxyl groups excluding tert-OH is 1. The second-order valence-electron chi connectivity index (χ2n) is 4.77. The molecule has 0 aliphatic carbocycles. The molecule has 0 aromatic carbocycles. The molecular formula is C11H24O. The molecule has 0 heterocycles. The Hall–Kier alpha value is -0.0400. The molecule has 1 heteroatoms. The highest BCUT2D eigenvalue weighted by Gasteiger charge is 2.19. The van der Waals surface area contributed by atoms with E-state index in [0.717, 1.165) is 12.3 Å². The maximum Gasteiger partial charge on any atom is 0.0482 e. The molecule has 0 bridgehead atoms. The first-order chi connectivity index (χ1) is 5.52. The molecule has 0 aliphatic rings. The predicted molar refractivity (Wildman–Crippen MR) is 54.2 cm³/mol. The summed E-state index contributed by atoms with van der Waals surface area (Å²) in [5, 5.41) is 9.07. The van der Waals surface area contributed by atoms with Crippen LogP contribution in [0.1, 0.15) is 53.4 Å². The maximum atomic E-state index is 9.07. The van der Waals surface area contributed by atoms with Gasteiger partial charge in [0.15, 0.2) is 0 Å². The summed E-state index contributed by atoms with van der Waals surface area (Å²) in [6.07, 6.45) is 5.05. The number of unbranched alkanes of at least 4 members (excludes halogenated alkanes) is 1. The van der Waals surface area contributed by atoms with Gasteiger partial charge in [0, 0.05) is 6.61 Å². The van der Waals surface area contributed by atoms with Gasteiger partial charge in [0.2, 0.25) is 0 Å². The summed E-state index contributed by atoms with van der Waals surface area (Å²) in [6.45, 7) is 9.09. The van der Waals surface area contributed by atoms with Crippen molar-refractivity contribution in [1.82, 2.24) is 0 Å². The van der Waals surface area contributed by atoms with Gasteiger partial charge < -0.3 is 5.11 Å². The summed E-state index contributed by atoms with van der Waals surface area (Å²) >= 11 is 0. The molecule has 74 valence electrons. The second kappa shape index (κ2) is 5.58. The predicted octanol–water partition coefficient (Wildman–Crippen LogP) is 3.22. The van der Waals surface area contributed by atoms with E-state index in [2.05, 4.69) is 27.7 Å². The van der Waals surface area contributed by atoms with Crippen LogP contribution in [0.25, 0.3) is 0 Å². The van der Waals surface area contributed by atoms with Crippen LogP contribution in [-0.4, -0.2) is 11.7 Å². The molecule has 1 nitrogen and oxygen atoms in total. The lowest BCUT2D eigenvalue weighted by atomic mass is 9.82. The average Bonchev–Trinajstić information content (AvgIpc) is 2.00. The molecule has 0 aromatic heterocycles. The Morgan fingerprint density at radius 2 is 1.92 bits per heavy atom. The molecule has 0 saturated carbocycles. The maximum absolute atomic E-state index is 9.07. The molecule has 0 amide bonds. The quantitative estimate of drug-likeness (QED) is 0.652. The van der Waals surface area contributed by atoms with Crippen molar-refractivity contribution in [3.8, 4) is 0 Å². The first kappa shape index (κ1) is 12.0. The van der Waals surface area contributed by atoms with Crippen molar-refractivity contribution < 1.29 is 5.11 Å². The van der Waals surface area contributed by atoms with Crippen molar-refractivity contribution in [1.29, 1.82) is 0 Å². The van der Waals surface area contributed by atoms with Gasteiger partial charge in [-0.05, 0) is 17.8 Å². The van der Waals surface area contributed by atoms with Gasteiger partial charge in [0.1, 0.15) is 0 Å². The summed E-state index contributed by atoms with van der Waals surface area (Å²) in [4.78, 5) is 0. The largest absolute Gasteiger partial charge is 0.396 e. The highest BCUT2D eigenvalue weighted by atomic mass is 16.3. The molecule has 0 radical (unpaired) electrons. The number of aliphatic hydroxyl groups is 1. The Balaban J connectivity index is 3.60. The molecule has 0 fully saturated rings. The summed E-state index contributed by atoms with van der Waals surface area (Å²) < 4.78 is 0. The van der Waals surface area contributed by atoms with Gasteiger partial charge in [-0.3, -0.25) is 0 Å². The van der Waals surface area contributed by atoms with E-state index in [0.29, 0.717) is 6.61 Å². The lowest BCUT2D eigenvalue weighted by molar-refractivity contribution is 0.130. The fourth-order valence-corrected chi connectivity index (χ4v) is 1.66. The fraction of sp³-hybridized carbons (Fsp3) is 1.00. The highest BCUT2D eigenvalue weighted by Crippen LogP contribution is 2.27. The first-order valence-corrected chi connectivity index (χ1v) is 5.12. The fourth-order valence-electron chi connectivity index (χ4n) is 1.66. The Morgan fingerprint density at radius 1 is 1.33 bits per heavy atom. The summed E-state index contributed by atoms with van der Waals surface area (Å²) in [6, 6.07) is 0. The highest BCUT2D eigenvalue weighted by molar-refractivity contribution is 4.70. The number of hydrogen-bond donors (Lipinski definition) is 1. The van der Waals surface area contributed by atoms with Gasteiger partial charge in [-0.1, -0.05) is 47.0 Å². The van der Waals surface area contributed by atoms with Crippen LogP contribution in [-0.2, 0) is 0 Å². The van der Waals surface area contributed by atoms with Crippen LogP contribution in [0.5, 0.6) is 0 Å². The van der Waals surface area contributed by atoms with E-state index in [-0.39, 0.29) is 5.41 Å². The molecule has 0 aliphatic heterocycles. The standard InChI is InChI=1S/C11H24O/c1-5-6-7-10(2)8-11(3,4)9-12/h10,12H,5-9H2,1-4H3. The van der Waals surface area contributed by atoms with Crippen molar-refractivity contribution in [3.05, 3.63) is 0 Å². The Bertz CT molecular complexity index is 108. The zero-order valence-electron chi connectivity index (χ0n) is 9.06. The molecule has 1 N–H and O–H groups in total. The molecule has 1 atom stereocenters. The lowest BCUT2D eigenvalue weighted by Gasteiger charge is -2.25. The van der Waals surface area contributed by atoms with Crippen LogP contribution >= 0.6 is 0 Å². The normalized spacial score (nSPS) is 14.8. The topological polar surface area (TPSA) is 20.2 Å². The molecule has 1 unspecified atom stereocenters.